The molecule has 1 unspecified atom stereocenters. The van der Waals surface area contributed by atoms with Crippen molar-refractivity contribution in [1.82, 2.24) is 19.4 Å². The number of amides is 1. The fourth-order valence-electron chi connectivity index (χ4n) is 5.22. The molecule has 0 aliphatic carbocycles. The first-order valence-electron chi connectivity index (χ1n) is 14.3. The van der Waals surface area contributed by atoms with Crippen molar-refractivity contribution in [2.75, 3.05) is 23.8 Å². The molecule has 1 amide bonds. The number of imidazole rings is 1. The van der Waals surface area contributed by atoms with Gasteiger partial charge in [-0.25, -0.2) is 23.7 Å². The van der Waals surface area contributed by atoms with Crippen LogP contribution >= 0.6 is 0 Å². The Bertz CT molecular complexity index is 2010. The average molecular weight is 605 g/mol. The Balaban J connectivity index is 1.21. The summed E-state index contributed by atoms with van der Waals surface area (Å²) in [4.78, 5) is 26.9. The number of anilines is 3. The number of nitrogens with zero attached hydrogens (tertiary/aromatic N) is 4. The third-order valence-corrected chi connectivity index (χ3v) is 7.29. The first kappa shape index (κ1) is 28.1. The molecule has 1 fully saturated rings. The van der Waals surface area contributed by atoms with Gasteiger partial charge in [0.25, 0.3) is 5.91 Å². The lowest BCUT2D eigenvalue weighted by Crippen LogP contribution is -2.15. The van der Waals surface area contributed by atoms with Gasteiger partial charge < -0.3 is 20.1 Å². The zero-order valence-corrected chi connectivity index (χ0v) is 23.8. The SMILES string of the molecule is O=C(Nc1cccc(-c2nc3ccccn3c2-c2ccnc(Nc3cccc(OC4CCOC4)c3)n2)c1)c1c(F)cccc1F. The van der Waals surface area contributed by atoms with E-state index in [-0.39, 0.29) is 6.10 Å². The van der Waals surface area contributed by atoms with Gasteiger partial charge in [0.1, 0.15) is 34.7 Å². The van der Waals surface area contributed by atoms with Crippen LogP contribution in [-0.2, 0) is 4.74 Å². The van der Waals surface area contributed by atoms with Gasteiger partial charge in [0.2, 0.25) is 5.95 Å². The predicted molar refractivity (Wildman–Crippen MR) is 166 cm³/mol. The number of pyridine rings is 1. The van der Waals surface area contributed by atoms with Crippen LogP contribution in [0.3, 0.4) is 0 Å². The summed E-state index contributed by atoms with van der Waals surface area (Å²) in [5, 5.41) is 5.86. The number of nitrogens with one attached hydrogen (secondary N) is 2. The van der Waals surface area contributed by atoms with Crippen LogP contribution in [0.4, 0.5) is 26.1 Å². The van der Waals surface area contributed by atoms with Crippen molar-refractivity contribution in [3.05, 3.63) is 121 Å². The number of hydrogen-bond acceptors (Lipinski definition) is 7. The quantitative estimate of drug-likeness (QED) is 0.195. The van der Waals surface area contributed by atoms with E-state index in [1.165, 1.54) is 6.07 Å². The minimum absolute atomic E-state index is 0.0286. The summed E-state index contributed by atoms with van der Waals surface area (Å²) in [5.74, 6) is -1.68. The van der Waals surface area contributed by atoms with E-state index >= 15 is 0 Å². The van der Waals surface area contributed by atoms with Crippen molar-refractivity contribution in [2.24, 2.45) is 0 Å². The molecule has 7 rings (SSSR count). The molecule has 6 aromatic rings. The summed E-state index contributed by atoms with van der Waals surface area (Å²) in [6.07, 6.45) is 4.42. The van der Waals surface area contributed by atoms with Crippen molar-refractivity contribution < 1.29 is 23.0 Å². The van der Waals surface area contributed by atoms with E-state index in [1.807, 2.05) is 59.1 Å². The van der Waals surface area contributed by atoms with Crippen LogP contribution in [-0.4, -0.2) is 44.6 Å². The Morgan fingerprint density at radius 1 is 0.911 bits per heavy atom. The third kappa shape index (κ3) is 5.93. The molecule has 45 heavy (non-hydrogen) atoms. The predicted octanol–water partition coefficient (Wildman–Crippen LogP) is 6.90. The largest absolute Gasteiger partial charge is 0.488 e. The van der Waals surface area contributed by atoms with E-state index in [0.717, 1.165) is 30.0 Å². The molecule has 11 heteroatoms. The zero-order valence-electron chi connectivity index (χ0n) is 23.8. The Morgan fingerprint density at radius 3 is 2.58 bits per heavy atom. The van der Waals surface area contributed by atoms with Crippen LogP contribution < -0.4 is 15.4 Å². The van der Waals surface area contributed by atoms with Crippen molar-refractivity contribution >= 4 is 28.9 Å². The Kier molecular flexibility index (Phi) is 7.58. The fourth-order valence-corrected chi connectivity index (χ4v) is 5.22. The van der Waals surface area contributed by atoms with Crippen molar-refractivity contribution in [3.63, 3.8) is 0 Å². The molecular formula is C34H26F2N6O3. The van der Waals surface area contributed by atoms with Crippen LogP contribution in [0.15, 0.2) is 103 Å². The second kappa shape index (κ2) is 12.1. The number of ether oxygens (including phenoxy) is 2. The van der Waals surface area contributed by atoms with Gasteiger partial charge in [0, 0.05) is 41.8 Å². The monoisotopic (exact) mass is 604 g/mol. The first-order chi connectivity index (χ1) is 22.0. The summed E-state index contributed by atoms with van der Waals surface area (Å²) in [5.41, 5.74) is 3.68. The number of halogens is 2. The molecule has 9 nitrogen and oxygen atoms in total. The number of benzene rings is 3. The summed E-state index contributed by atoms with van der Waals surface area (Å²) in [6.45, 7) is 1.27. The number of fused-ring (bicyclic) bond motifs is 1. The number of aromatic nitrogens is 4. The smallest absolute Gasteiger partial charge is 0.261 e. The van der Waals surface area contributed by atoms with Crippen LogP contribution in [0.5, 0.6) is 5.75 Å². The molecule has 4 heterocycles. The van der Waals surface area contributed by atoms with Gasteiger partial charge in [-0.1, -0.05) is 30.3 Å². The van der Waals surface area contributed by atoms with Crippen LogP contribution in [0.25, 0.3) is 28.3 Å². The lowest BCUT2D eigenvalue weighted by atomic mass is 10.1. The molecule has 0 radical (unpaired) electrons. The standard InChI is InChI=1S/C34H26F2N6O3/c35-26-10-5-11-27(36)30(26)33(43)38-22-7-3-6-21(18-22)31-32(42-16-2-1-12-29(42)41-31)28-13-15-37-34(40-28)39-23-8-4-9-24(19-23)45-25-14-17-44-20-25/h1-13,15-16,18-19,25H,14,17,20H2,(H,38,43)(H,37,39,40). The maximum absolute atomic E-state index is 14.2. The molecule has 3 aromatic heterocycles. The molecule has 3 aromatic carbocycles. The highest BCUT2D eigenvalue weighted by Crippen LogP contribution is 2.34. The van der Waals surface area contributed by atoms with Crippen LogP contribution in [0, 0.1) is 11.6 Å². The highest BCUT2D eigenvalue weighted by molar-refractivity contribution is 6.05. The highest BCUT2D eigenvalue weighted by atomic mass is 19.1. The molecule has 1 aliphatic rings. The topological polar surface area (TPSA) is 103 Å². The fraction of sp³-hybridized carbons (Fsp3) is 0.118. The molecule has 224 valence electrons. The van der Waals surface area contributed by atoms with E-state index in [4.69, 9.17) is 19.4 Å². The lowest BCUT2D eigenvalue weighted by Gasteiger charge is -2.13. The number of rotatable bonds is 8. The van der Waals surface area contributed by atoms with Crippen LogP contribution in [0.1, 0.15) is 16.8 Å². The van der Waals surface area contributed by atoms with Gasteiger partial charge in [-0.15, -0.1) is 0 Å². The lowest BCUT2D eigenvalue weighted by molar-refractivity contribution is 0.101. The Hall–Kier alpha value is -5.68. The van der Waals surface area contributed by atoms with E-state index in [1.54, 1.807) is 30.5 Å². The molecule has 0 saturated carbocycles. The average Bonchev–Trinajstić information content (AvgIpc) is 3.69. The number of hydrogen-bond donors (Lipinski definition) is 2. The van der Waals surface area contributed by atoms with Gasteiger partial charge in [0.15, 0.2) is 0 Å². The minimum Gasteiger partial charge on any atom is -0.488 e. The van der Waals surface area contributed by atoms with E-state index in [9.17, 15) is 13.6 Å². The van der Waals surface area contributed by atoms with Gasteiger partial charge in [-0.2, -0.15) is 0 Å². The van der Waals surface area contributed by atoms with Crippen molar-refractivity contribution in [2.45, 2.75) is 12.5 Å². The first-order valence-corrected chi connectivity index (χ1v) is 14.3. The number of carbonyl (C=O) groups is 1. The Labute approximate surface area is 256 Å². The van der Waals surface area contributed by atoms with Gasteiger partial charge in [-0.05, 0) is 54.6 Å². The molecule has 2 N–H and O–H groups in total. The summed E-state index contributed by atoms with van der Waals surface area (Å²) >= 11 is 0. The third-order valence-electron chi connectivity index (χ3n) is 7.29. The van der Waals surface area contributed by atoms with E-state index in [0.29, 0.717) is 53.1 Å². The van der Waals surface area contributed by atoms with Crippen LogP contribution in [0.2, 0.25) is 0 Å². The summed E-state index contributed by atoms with van der Waals surface area (Å²) < 4.78 is 41.8. The van der Waals surface area contributed by atoms with E-state index in [2.05, 4.69) is 15.6 Å². The van der Waals surface area contributed by atoms with Gasteiger partial charge in [0.05, 0.1) is 30.3 Å². The molecule has 1 atom stereocenters. The second-order valence-electron chi connectivity index (χ2n) is 10.4. The summed E-state index contributed by atoms with van der Waals surface area (Å²) in [6, 6.07) is 25.2. The van der Waals surface area contributed by atoms with Gasteiger partial charge in [-0.3, -0.25) is 9.20 Å². The maximum atomic E-state index is 14.2. The molecular weight excluding hydrogens is 578 g/mol. The second-order valence-corrected chi connectivity index (χ2v) is 10.4. The van der Waals surface area contributed by atoms with Gasteiger partial charge >= 0.3 is 0 Å². The normalized spacial score (nSPS) is 14.4. The molecule has 0 bridgehead atoms. The molecule has 1 aliphatic heterocycles. The Morgan fingerprint density at radius 2 is 1.73 bits per heavy atom. The highest BCUT2D eigenvalue weighted by Gasteiger charge is 2.21. The number of carbonyl (C=O) groups excluding carboxylic acids is 1. The van der Waals surface area contributed by atoms with Crippen molar-refractivity contribution in [1.29, 1.82) is 0 Å². The van der Waals surface area contributed by atoms with E-state index < -0.39 is 23.1 Å². The molecule has 0 spiro atoms. The molecule has 1 saturated heterocycles. The minimum atomic E-state index is -0.942. The van der Waals surface area contributed by atoms with Crippen molar-refractivity contribution in [3.8, 4) is 28.4 Å². The summed E-state index contributed by atoms with van der Waals surface area (Å²) in [7, 11) is 0. The zero-order chi connectivity index (χ0) is 30.8. The maximum Gasteiger partial charge on any atom is 0.261 e.